The molecule has 0 amide bonds. The molecule has 0 saturated carbocycles. The van der Waals surface area contributed by atoms with E-state index in [4.69, 9.17) is 11.6 Å². The van der Waals surface area contributed by atoms with Crippen molar-refractivity contribution in [2.24, 2.45) is 0 Å². The second-order valence-corrected chi connectivity index (χ2v) is 5.28. The van der Waals surface area contributed by atoms with E-state index in [0.29, 0.717) is 11.4 Å². The molecule has 1 aromatic rings. The van der Waals surface area contributed by atoms with Gasteiger partial charge in [-0.25, -0.2) is 0 Å². The van der Waals surface area contributed by atoms with E-state index >= 15 is 0 Å². The third kappa shape index (κ3) is 3.81. The fourth-order valence-corrected chi connectivity index (χ4v) is 2.45. The highest BCUT2D eigenvalue weighted by atomic mass is 79.9. The average molecular weight is 296 g/mol. The van der Waals surface area contributed by atoms with Gasteiger partial charge < -0.3 is 5.11 Å². The van der Waals surface area contributed by atoms with E-state index in [1.54, 1.807) is 11.8 Å². The van der Waals surface area contributed by atoms with Gasteiger partial charge in [0.05, 0.1) is 6.10 Å². The van der Waals surface area contributed by atoms with Gasteiger partial charge in [0.1, 0.15) is 0 Å². The molecule has 1 atom stereocenters. The van der Waals surface area contributed by atoms with Crippen molar-refractivity contribution in [2.45, 2.75) is 12.5 Å². The Kier molecular flexibility index (Phi) is 5.31. The van der Waals surface area contributed by atoms with Crippen molar-refractivity contribution in [3.63, 3.8) is 0 Å². The summed E-state index contributed by atoms with van der Waals surface area (Å²) in [5, 5.41) is 10.3. The largest absolute Gasteiger partial charge is 0.392 e. The van der Waals surface area contributed by atoms with Crippen LogP contribution in [0.2, 0.25) is 5.02 Å². The lowest BCUT2D eigenvalue weighted by Gasteiger charge is -2.10. The van der Waals surface area contributed by atoms with Gasteiger partial charge in [0.15, 0.2) is 0 Å². The normalized spacial score (nSPS) is 12.9. The second kappa shape index (κ2) is 6.01. The van der Waals surface area contributed by atoms with Crippen molar-refractivity contribution in [3.8, 4) is 0 Å². The highest BCUT2D eigenvalue weighted by Gasteiger charge is 2.07. The van der Waals surface area contributed by atoms with Crippen LogP contribution in [0.4, 0.5) is 0 Å². The van der Waals surface area contributed by atoms with Gasteiger partial charge >= 0.3 is 0 Å². The Morgan fingerprint density at radius 3 is 2.86 bits per heavy atom. The average Bonchev–Trinajstić information content (AvgIpc) is 2.10. The van der Waals surface area contributed by atoms with Crippen LogP contribution in [0.1, 0.15) is 5.56 Å². The quantitative estimate of drug-likeness (QED) is 0.919. The Morgan fingerprint density at radius 2 is 2.29 bits per heavy atom. The molecule has 1 unspecified atom stereocenters. The summed E-state index contributed by atoms with van der Waals surface area (Å²) in [6, 6.07) is 5.73. The number of thioether (sulfide) groups is 1. The Balaban J connectivity index is 2.67. The molecule has 0 radical (unpaired) electrons. The molecular weight excluding hydrogens is 284 g/mol. The maximum atomic E-state index is 9.61. The van der Waals surface area contributed by atoms with E-state index < -0.39 is 0 Å². The first-order valence-electron chi connectivity index (χ1n) is 4.24. The summed E-state index contributed by atoms with van der Waals surface area (Å²) < 4.78 is 0.964. The van der Waals surface area contributed by atoms with Gasteiger partial charge in [-0.05, 0) is 24.0 Å². The molecule has 0 aliphatic rings. The van der Waals surface area contributed by atoms with Gasteiger partial charge in [0.2, 0.25) is 0 Å². The van der Waals surface area contributed by atoms with Gasteiger partial charge in [0, 0.05) is 21.7 Å². The van der Waals surface area contributed by atoms with Crippen molar-refractivity contribution in [1.29, 1.82) is 0 Å². The molecule has 0 aromatic heterocycles. The molecule has 0 saturated heterocycles. The first kappa shape index (κ1) is 12.4. The summed E-state index contributed by atoms with van der Waals surface area (Å²) in [7, 11) is 0. The molecule has 0 heterocycles. The molecule has 1 rings (SSSR count). The molecule has 0 bridgehead atoms. The Morgan fingerprint density at radius 1 is 1.57 bits per heavy atom. The summed E-state index contributed by atoms with van der Waals surface area (Å²) in [5.41, 5.74) is 0.997. The number of aliphatic hydroxyl groups is 1. The molecule has 1 nitrogen and oxygen atoms in total. The van der Waals surface area contributed by atoms with Crippen LogP contribution in [0.25, 0.3) is 0 Å². The van der Waals surface area contributed by atoms with Crippen LogP contribution >= 0.6 is 39.3 Å². The van der Waals surface area contributed by atoms with Crippen molar-refractivity contribution in [1.82, 2.24) is 0 Å². The van der Waals surface area contributed by atoms with E-state index in [2.05, 4.69) is 15.9 Å². The molecule has 0 fully saturated rings. The number of halogens is 2. The van der Waals surface area contributed by atoms with E-state index in [1.165, 1.54) is 0 Å². The Hall–Kier alpha value is 0.300. The fourth-order valence-electron chi connectivity index (χ4n) is 1.19. The van der Waals surface area contributed by atoms with Crippen LogP contribution < -0.4 is 0 Å². The zero-order valence-electron chi connectivity index (χ0n) is 7.84. The number of aliphatic hydroxyl groups excluding tert-OH is 1. The van der Waals surface area contributed by atoms with Crippen molar-refractivity contribution < 1.29 is 5.11 Å². The third-order valence-corrected chi connectivity index (χ3v) is 3.39. The standard InChI is InChI=1S/C10H12BrClOS/c1-14-6-9(13)4-7-2-3-8(11)5-10(7)12/h2-3,5,9,13H,4,6H2,1H3. The highest BCUT2D eigenvalue weighted by molar-refractivity contribution is 9.10. The molecule has 0 aliphatic carbocycles. The molecular formula is C10H12BrClOS. The SMILES string of the molecule is CSCC(O)Cc1ccc(Br)cc1Cl. The second-order valence-electron chi connectivity index (χ2n) is 3.05. The van der Waals surface area contributed by atoms with Crippen LogP contribution in [0, 0.1) is 0 Å². The highest BCUT2D eigenvalue weighted by Crippen LogP contribution is 2.22. The van der Waals surface area contributed by atoms with Crippen LogP contribution in [0.5, 0.6) is 0 Å². The van der Waals surface area contributed by atoms with Crippen molar-refractivity contribution >= 4 is 39.3 Å². The lowest BCUT2D eigenvalue weighted by atomic mass is 10.1. The van der Waals surface area contributed by atoms with Gasteiger partial charge in [0.25, 0.3) is 0 Å². The predicted molar refractivity (Wildman–Crippen MR) is 67.2 cm³/mol. The monoisotopic (exact) mass is 294 g/mol. The zero-order chi connectivity index (χ0) is 10.6. The molecule has 78 valence electrons. The van der Waals surface area contributed by atoms with Crippen molar-refractivity contribution in [2.75, 3.05) is 12.0 Å². The first-order valence-corrected chi connectivity index (χ1v) is 6.81. The Bertz CT molecular complexity index is 306. The smallest absolute Gasteiger partial charge is 0.0671 e. The summed E-state index contributed by atoms with van der Waals surface area (Å²) >= 11 is 11.0. The molecule has 1 aromatic carbocycles. The summed E-state index contributed by atoms with van der Waals surface area (Å²) in [6.07, 6.45) is 2.28. The number of rotatable bonds is 4. The van der Waals surface area contributed by atoms with Crippen LogP contribution in [0.3, 0.4) is 0 Å². The maximum absolute atomic E-state index is 9.61. The molecule has 0 spiro atoms. The molecule has 14 heavy (non-hydrogen) atoms. The van der Waals surface area contributed by atoms with Crippen LogP contribution in [0.15, 0.2) is 22.7 Å². The first-order chi connectivity index (χ1) is 6.63. The maximum Gasteiger partial charge on any atom is 0.0671 e. The summed E-state index contributed by atoms with van der Waals surface area (Å²) in [6.45, 7) is 0. The number of benzene rings is 1. The Labute approximate surface area is 102 Å². The summed E-state index contributed by atoms with van der Waals surface area (Å²) in [5.74, 6) is 0.742. The van der Waals surface area contributed by atoms with E-state index in [0.717, 1.165) is 15.8 Å². The lowest BCUT2D eigenvalue weighted by Crippen LogP contribution is -2.13. The molecule has 1 N–H and O–H groups in total. The third-order valence-electron chi connectivity index (χ3n) is 1.83. The fraction of sp³-hybridized carbons (Fsp3) is 0.400. The topological polar surface area (TPSA) is 20.2 Å². The van der Waals surface area contributed by atoms with Gasteiger partial charge in [-0.3, -0.25) is 0 Å². The minimum atomic E-state index is -0.316. The van der Waals surface area contributed by atoms with Crippen LogP contribution in [-0.2, 0) is 6.42 Å². The van der Waals surface area contributed by atoms with E-state index in [1.807, 2.05) is 24.5 Å². The molecule has 0 aliphatic heterocycles. The van der Waals surface area contributed by atoms with E-state index in [-0.39, 0.29) is 6.10 Å². The number of hydrogen-bond donors (Lipinski definition) is 1. The van der Waals surface area contributed by atoms with Gasteiger partial charge in [-0.1, -0.05) is 33.6 Å². The van der Waals surface area contributed by atoms with E-state index in [9.17, 15) is 5.11 Å². The lowest BCUT2D eigenvalue weighted by molar-refractivity contribution is 0.200. The predicted octanol–water partition coefficient (Wildman–Crippen LogP) is 3.37. The van der Waals surface area contributed by atoms with Crippen molar-refractivity contribution in [3.05, 3.63) is 33.3 Å². The molecule has 4 heteroatoms. The van der Waals surface area contributed by atoms with Gasteiger partial charge in [-0.2, -0.15) is 11.8 Å². The minimum absolute atomic E-state index is 0.316. The minimum Gasteiger partial charge on any atom is -0.392 e. The number of hydrogen-bond acceptors (Lipinski definition) is 2. The van der Waals surface area contributed by atoms with Gasteiger partial charge in [-0.15, -0.1) is 0 Å². The summed E-state index contributed by atoms with van der Waals surface area (Å²) in [4.78, 5) is 0. The zero-order valence-corrected chi connectivity index (χ0v) is 11.0. The van der Waals surface area contributed by atoms with Crippen LogP contribution in [-0.4, -0.2) is 23.2 Å².